The fourth-order valence-electron chi connectivity index (χ4n) is 3.21. The summed E-state index contributed by atoms with van der Waals surface area (Å²) in [6, 6.07) is 14.7. The third kappa shape index (κ3) is 3.51. The lowest BCUT2D eigenvalue weighted by atomic mass is 10.1. The summed E-state index contributed by atoms with van der Waals surface area (Å²) < 4.78 is 1.80. The van der Waals surface area contributed by atoms with Gasteiger partial charge in [-0.2, -0.15) is 0 Å². The first-order chi connectivity index (χ1) is 14.4. The van der Waals surface area contributed by atoms with Crippen molar-refractivity contribution >= 4 is 52.8 Å². The lowest BCUT2D eigenvalue weighted by Crippen LogP contribution is -2.54. The molecule has 0 saturated carbocycles. The van der Waals surface area contributed by atoms with E-state index >= 15 is 0 Å². The Labute approximate surface area is 182 Å². The lowest BCUT2D eigenvalue weighted by Gasteiger charge is -2.27. The Bertz CT molecular complexity index is 1210. The van der Waals surface area contributed by atoms with Gasteiger partial charge in [0.15, 0.2) is 0 Å². The van der Waals surface area contributed by atoms with E-state index in [1.807, 2.05) is 12.1 Å². The van der Waals surface area contributed by atoms with E-state index in [9.17, 15) is 14.4 Å². The average molecular weight is 440 g/mol. The molecule has 1 aliphatic heterocycles. The molecule has 0 unspecified atom stereocenters. The number of benzene rings is 2. The Hall–Kier alpha value is -3.35. The molecule has 0 aliphatic carbocycles. The van der Waals surface area contributed by atoms with Crippen molar-refractivity contribution in [2.75, 3.05) is 4.90 Å². The zero-order chi connectivity index (χ0) is 21.4. The maximum atomic E-state index is 13.1. The van der Waals surface area contributed by atoms with Gasteiger partial charge < -0.3 is 4.57 Å². The molecule has 0 bridgehead atoms. The molecule has 1 aromatic heterocycles. The standard InChI is InChI=1S/C22H15Cl2N3O3/c1-13-18(24)5-2-6-19(13)27-21(29)17(20(28)25-22(27)30)12-16-4-3-11-26(16)15-9-7-14(23)8-10-15/h2-12H,1H3,(H,25,28,30)/b17-12+. The van der Waals surface area contributed by atoms with Crippen molar-refractivity contribution in [1.82, 2.24) is 9.88 Å². The second kappa shape index (κ2) is 7.82. The summed E-state index contributed by atoms with van der Waals surface area (Å²) in [6.45, 7) is 1.70. The number of barbiturate groups is 1. The number of carbonyl (C=O) groups excluding carboxylic acids is 3. The normalized spacial score (nSPS) is 15.6. The molecule has 2 heterocycles. The number of hydrogen-bond acceptors (Lipinski definition) is 3. The van der Waals surface area contributed by atoms with Crippen molar-refractivity contribution < 1.29 is 14.4 Å². The minimum Gasteiger partial charge on any atom is -0.317 e. The van der Waals surface area contributed by atoms with Crippen molar-refractivity contribution in [3.8, 4) is 5.69 Å². The predicted molar refractivity (Wildman–Crippen MR) is 116 cm³/mol. The molecule has 0 radical (unpaired) electrons. The van der Waals surface area contributed by atoms with Crippen LogP contribution in [0.1, 0.15) is 11.3 Å². The first-order valence-electron chi connectivity index (χ1n) is 8.96. The summed E-state index contributed by atoms with van der Waals surface area (Å²) in [7, 11) is 0. The molecule has 0 spiro atoms. The number of nitrogens with one attached hydrogen (secondary N) is 1. The molecule has 1 fully saturated rings. The third-order valence-electron chi connectivity index (χ3n) is 4.76. The van der Waals surface area contributed by atoms with Crippen molar-refractivity contribution in [3.63, 3.8) is 0 Å². The number of imide groups is 2. The van der Waals surface area contributed by atoms with Crippen LogP contribution in [0.5, 0.6) is 0 Å². The van der Waals surface area contributed by atoms with Gasteiger partial charge in [0.2, 0.25) is 0 Å². The van der Waals surface area contributed by atoms with E-state index < -0.39 is 17.8 Å². The summed E-state index contributed by atoms with van der Waals surface area (Å²) in [5.74, 6) is -1.48. The number of rotatable bonds is 3. The fourth-order valence-corrected chi connectivity index (χ4v) is 3.51. The molecular weight excluding hydrogens is 425 g/mol. The van der Waals surface area contributed by atoms with Crippen molar-refractivity contribution in [2.24, 2.45) is 0 Å². The summed E-state index contributed by atoms with van der Waals surface area (Å²) in [5, 5.41) is 3.23. The van der Waals surface area contributed by atoms with E-state index in [4.69, 9.17) is 23.2 Å². The monoisotopic (exact) mass is 439 g/mol. The number of carbonyl (C=O) groups is 3. The zero-order valence-corrected chi connectivity index (χ0v) is 17.2. The van der Waals surface area contributed by atoms with Gasteiger partial charge in [-0.25, -0.2) is 9.69 Å². The molecule has 1 saturated heterocycles. The quantitative estimate of drug-likeness (QED) is 0.472. The van der Waals surface area contributed by atoms with E-state index in [0.717, 1.165) is 10.6 Å². The summed E-state index contributed by atoms with van der Waals surface area (Å²) in [5.41, 5.74) is 2.10. The van der Waals surface area contributed by atoms with E-state index in [0.29, 0.717) is 27.0 Å². The van der Waals surface area contributed by atoms with Crippen LogP contribution >= 0.6 is 23.2 Å². The van der Waals surface area contributed by atoms with Gasteiger partial charge in [-0.1, -0.05) is 29.3 Å². The van der Waals surface area contributed by atoms with Gasteiger partial charge in [0.05, 0.1) is 5.69 Å². The van der Waals surface area contributed by atoms with E-state index in [1.54, 1.807) is 60.2 Å². The second-order valence-electron chi connectivity index (χ2n) is 6.62. The smallest absolute Gasteiger partial charge is 0.317 e. The maximum Gasteiger partial charge on any atom is 0.335 e. The third-order valence-corrected chi connectivity index (χ3v) is 5.42. The minimum atomic E-state index is -0.819. The van der Waals surface area contributed by atoms with Gasteiger partial charge in [-0.05, 0) is 67.1 Å². The highest BCUT2D eigenvalue weighted by atomic mass is 35.5. The number of halogens is 2. The molecule has 1 N–H and O–H groups in total. The molecule has 150 valence electrons. The predicted octanol–water partition coefficient (Wildman–Crippen LogP) is 4.76. The number of anilines is 1. The van der Waals surface area contributed by atoms with Gasteiger partial charge in [-0.15, -0.1) is 0 Å². The van der Waals surface area contributed by atoms with Gasteiger partial charge in [0.25, 0.3) is 11.8 Å². The second-order valence-corrected chi connectivity index (χ2v) is 7.46. The Balaban J connectivity index is 1.77. The van der Waals surface area contributed by atoms with Crippen LogP contribution < -0.4 is 10.2 Å². The molecule has 4 amide bonds. The number of hydrogen-bond donors (Lipinski definition) is 1. The molecule has 8 heteroatoms. The van der Waals surface area contributed by atoms with Crippen molar-refractivity contribution in [1.29, 1.82) is 0 Å². The van der Waals surface area contributed by atoms with Gasteiger partial charge in [0, 0.05) is 27.6 Å². The number of amides is 4. The van der Waals surface area contributed by atoms with E-state index in [1.165, 1.54) is 6.08 Å². The highest BCUT2D eigenvalue weighted by Crippen LogP contribution is 2.29. The lowest BCUT2D eigenvalue weighted by molar-refractivity contribution is -0.122. The number of urea groups is 1. The Kier molecular flexibility index (Phi) is 5.20. The Morgan fingerprint density at radius 1 is 0.933 bits per heavy atom. The Morgan fingerprint density at radius 3 is 2.40 bits per heavy atom. The molecular formula is C22H15Cl2N3O3. The van der Waals surface area contributed by atoms with E-state index in [-0.39, 0.29) is 5.57 Å². The van der Waals surface area contributed by atoms with Gasteiger partial charge in [-0.3, -0.25) is 14.9 Å². The zero-order valence-electron chi connectivity index (χ0n) is 15.7. The van der Waals surface area contributed by atoms with Crippen LogP contribution in [0.4, 0.5) is 10.5 Å². The summed E-state index contributed by atoms with van der Waals surface area (Å²) in [6.07, 6.45) is 3.25. The minimum absolute atomic E-state index is 0.164. The largest absolute Gasteiger partial charge is 0.335 e. The Morgan fingerprint density at radius 2 is 1.67 bits per heavy atom. The van der Waals surface area contributed by atoms with Crippen molar-refractivity contribution in [3.05, 3.63) is 87.7 Å². The summed E-state index contributed by atoms with van der Waals surface area (Å²) in [4.78, 5) is 39.0. The maximum absolute atomic E-state index is 13.1. The van der Waals surface area contributed by atoms with Crippen LogP contribution in [0, 0.1) is 6.92 Å². The topological polar surface area (TPSA) is 71.4 Å². The van der Waals surface area contributed by atoms with Crippen LogP contribution in [-0.4, -0.2) is 22.4 Å². The highest BCUT2D eigenvalue weighted by molar-refractivity contribution is 6.40. The first-order valence-corrected chi connectivity index (χ1v) is 9.72. The molecule has 1 aliphatic rings. The first kappa shape index (κ1) is 19.9. The SMILES string of the molecule is Cc1c(Cl)cccc1N1C(=O)NC(=O)/C(=C\c2cccn2-c2ccc(Cl)cc2)C1=O. The van der Waals surface area contributed by atoms with Crippen LogP contribution in [-0.2, 0) is 9.59 Å². The number of nitrogens with zero attached hydrogens (tertiary/aromatic N) is 2. The summed E-state index contributed by atoms with van der Waals surface area (Å²) >= 11 is 12.1. The van der Waals surface area contributed by atoms with Crippen LogP contribution in [0.2, 0.25) is 10.0 Å². The number of aromatic nitrogens is 1. The van der Waals surface area contributed by atoms with Crippen LogP contribution in [0.15, 0.2) is 66.4 Å². The van der Waals surface area contributed by atoms with Gasteiger partial charge >= 0.3 is 6.03 Å². The van der Waals surface area contributed by atoms with Crippen LogP contribution in [0.3, 0.4) is 0 Å². The molecule has 0 atom stereocenters. The van der Waals surface area contributed by atoms with Crippen LogP contribution in [0.25, 0.3) is 11.8 Å². The molecule has 6 nitrogen and oxygen atoms in total. The van der Waals surface area contributed by atoms with Crippen molar-refractivity contribution in [2.45, 2.75) is 6.92 Å². The molecule has 2 aromatic carbocycles. The fraction of sp³-hybridized carbons (Fsp3) is 0.0455. The highest BCUT2D eigenvalue weighted by Gasteiger charge is 2.37. The average Bonchev–Trinajstić information content (AvgIpc) is 3.17. The molecule has 3 aromatic rings. The molecule has 4 rings (SSSR count). The van der Waals surface area contributed by atoms with Gasteiger partial charge in [0.1, 0.15) is 5.57 Å². The van der Waals surface area contributed by atoms with E-state index in [2.05, 4.69) is 5.32 Å². The molecule has 30 heavy (non-hydrogen) atoms.